The van der Waals surface area contributed by atoms with Gasteiger partial charge in [-0.2, -0.15) is 0 Å². The van der Waals surface area contributed by atoms with Crippen LogP contribution in [0.25, 0.3) is 5.57 Å². The summed E-state index contributed by atoms with van der Waals surface area (Å²) >= 11 is 0. The SMILES string of the molecule is COCCCN(C)CC(=O)N1CC=C(c2c(OC)cc(OC)cc2OC)CC1. The van der Waals surface area contributed by atoms with Gasteiger partial charge in [0.05, 0.1) is 33.4 Å². The van der Waals surface area contributed by atoms with Crippen LogP contribution in [0.5, 0.6) is 17.2 Å². The zero-order chi connectivity index (χ0) is 20.5. The van der Waals surface area contributed by atoms with Crippen LogP contribution in [0.15, 0.2) is 18.2 Å². The number of carbonyl (C=O) groups excluding carboxylic acids is 1. The van der Waals surface area contributed by atoms with Crippen molar-refractivity contribution >= 4 is 11.5 Å². The van der Waals surface area contributed by atoms with Crippen LogP contribution >= 0.6 is 0 Å². The predicted molar refractivity (Wildman–Crippen MR) is 109 cm³/mol. The van der Waals surface area contributed by atoms with Crippen molar-refractivity contribution < 1.29 is 23.7 Å². The molecule has 0 aromatic heterocycles. The van der Waals surface area contributed by atoms with E-state index in [0.29, 0.717) is 43.5 Å². The molecule has 0 unspecified atom stereocenters. The molecule has 28 heavy (non-hydrogen) atoms. The largest absolute Gasteiger partial charge is 0.496 e. The Morgan fingerprint density at radius 3 is 2.29 bits per heavy atom. The van der Waals surface area contributed by atoms with Crippen molar-refractivity contribution in [3.63, 3.8) is 0 Å². The van der Waals surface area contributed by atoms with Crippen molar-refractivity contribution in [2.75, 3.05) is 68.3 Å². The first-order valence-electron chi connectivity index (χ1n) is 9.48. The molecule has 0 spiro atoms. The zero-order valence-electron chi connectivity index (χ0n) is 17.6. The second-order valence-electron chi connectivity index (χ2n) is 6.81. The van der Waals surface area contributed by atoms with Gasteiger partial charge in [-0.25, -0.2) is 0 Å². The number of likely N-dealkylation sites (N-methyl/N-ethyl adjacent to an activating group) is 1. The summed E-state index contributed by atoms with van der Waals surface area (Å²) in [5, 5.41) is 0. The first-order valence-corrected chi connectivity index (χ1v) is 9.48. The average Bonchev–Trinajstić information content (AvgIpc) is 2.72. The number of hydrogen-bond donors (Lipinski definition) is 0. The molecule has 0 radical (unpaired) electrons. The van der Waals surface area contributed by atoms with Gasteiger partial charge in [0.2, 0.25) is 5.91 Å². The summed E-state index contributed by atoms with van der Waals surface area (Å²) in [6.45, 7) is 3.23. The van der Waals surface area contributed by atoms with E-state index in [0.717, 1.165) is 30.5 Å². The van der Waals surface area contributed by atoms with Crippen LogP contribution in [0.4, 0.5) is 0 Å². The first-order chi connectivity index (χ1) is 13.5. The Labute approximate surface area is 167 Å². The maximum atomic E-state index is 12.6. The second-order valence-corrected chi connectivity index (χ2v) is 6.81. The molecule has 1 aromatic carbocycles. The van der Waals surface area contributed by atoms with Gasteiger partial charge in [-0.3, -0.25) is 9.69 Å². The lowest BCUT2D eigenvalue weighted by atomic mass is 9.97. The summed E-state index contributed by atoms with van der Waals surface area (Å²) in [5.74, 6) is 2.24. The molecule has 0 saturated carbocycles. The van der Waals surface area contributed by atoms with Crippen molar-refractivity contribution in [2.24, 2.45) is 0 Å². The van der Waals surface area contributed by atoms with Gasteiger partial charge in [0, 0.05) is 45.5 Å². The minimum absolute atomic E-state index is 0.142. The summed E-state index contributed by atoms with van der Waals surface area (Å²) in [7, 11) is 8.54. The summed E-state index contributed by atoms with van der Waals surface area (Å²) in [6.07, 6.45) is 3.75. The van der Waals surface area contributed by atoms with E-state index in [1.54, 1.807) is 28.4 Å². The van der Waals surface area contributed by atoms with Crippen molar-refractivity contribution in [3.05, 3.63) is 23.8 Å². The van der Waals surface area contributed by atoms with Gasteiger partial charge in [-0.05, 0) is 25.5 Å². The molecule has 1 aliphatic heterocycles. The number of benzene rings is 1. The maximum Gasteiger partial charge on any atom is 0.237 e. The Morgan fingerprint density at radius 1 is 1.11 bits per heavy atom. The van der Waals surface area contributed by atoms with Gasteiger partial charge in [-0.15, -0.1) is 0 Å². The normalized spacial score (nSPS) is 14.1. The number of nitrogens with zero attached hydrogens (tertiary/aromatic N) is 2. The number of amides is 1. The third-order valence-corrected chi connectivity index (χ3v) is 4.89. The average molecular weight is 392 g/mol. The molecule has 0 bridgehead atoms. The highest BCUT2D eigenvalue weighted by Gasteiger charge is 2.23. The van der Waals surface area contributed by atoms with Gasteiger partial charge in [0.15, 0.2) is 0 Å². The smallest absolute Gasteiger partial charge is 0.237 e. The Kier molecular flexibility index (Phi) is 8.60. The van der Waals surface area contributed by atoms with E-state index >= 15 is 0 Å². The van der Waals surface area contributed by atoms with Crippen molar-refractivity contribution in [2.45, 2.75) is 12.8 Å². The predicted octanol–water partition coefficient (Wildman–Crippen LogP) is 2.30. The van der Waals surface area contributed by atoms with Crippen LogP contribution in [0.3, 0.4) is 0 Å². The lowest BCUT2D eigenvalue weighted by molar-refractivity contribution is -0.131. The Bertz CT molecular complexity index is 664. The molecule has 0 fully saturated rings. The highest BCUT2D eigenvalue weighted by Crippen LogP contribution is 2.40. The highest BCUT2D eigenvalue weighted by molar-refractivity contribution is 5.82. The molecule has 7 heteroatoms. The standard InChI is InChI=1S/C21H32N2O5/c1-22(9-6-12-25-2)15-20(24)23-10-7-16(8-11-23)21-18(27-4)13-17(26-3)14-19(21)28-5/h7,13-14H,6,8-12,15H2,1-5H3. The fourth-order valence-electron chi connectivity index (χ4n) is 3.33. The molecule has 1 aliphatic rings. The van der Waals surface area contributed by atoms with Crippen molar-refractivity contribution in [1.82, 2.24) is 9.80 Å². The van der Waals surface area contributed by atoms with Gasteiger partial charge in [-0.1, -0.05) is 6.08 Å². The van der Waals surface area contributed by atoms with Crippen LogP contribution in [0, 0.1) is 0 Å². The molecule has 0 aliphatic carbocycles. The number of hydrogen-bond acceptors (Lipinski definition) is 6. The molecule has 0 N–H and O–H groups in total. The Hall–Kier alpha value is -2.25. The second kappa shape index (κ2) is 10.9. The molecule has 2 rings (SSSR count). The number of methoxy groups -OCH3 is 4. The van der Waals surface area contributed by atoms with Gasteiger partial charge in [0.1, 0.15) is 17.2 Å². The first kappa shape index (κ1) is 22.0. The molecular formula is C21H32N2O5. The molecular weight excluding hydrogens is 360 g/mol. The monoisotopic (exact) mass is 392 g/mol. The van der Waals surface area contributed by atoms with E-state index in [2.05, 4.69) is 6.08 Å². The summed E-state index contributed by atoms with van der Waals surface area (Å²) in [6, 6.07) is 3.70. The van der Waals surface area contributed by atoms with E-state index in [-0.39, 0.29) is 5.91 Å². The quantitative estimate of drug-likeness (QED) is 0.570. The minimum atomic E-state index is 0.142. The molecule has 0 saturated heterocycles. The van der Waals surface area contributed by atoms with E-state index in [4.69, 9.17) is 18.9 Å². The minimum Gasteiger partial charge on any atom is -0.496 e. The zero-order valence-corrected chi connectivity index (χ0v) is 17.6. The maximum absolute atomic E-state index is 12.6. The molecule has 7 nitrogen and oxygen atoms in total. The Balaban J connectivity index is 2.06. The molecule has 156 valence electrons. The number of rotatable bonds is 10. The van der Waals surface area contributed by atoms with Gasteiger partial charge >= 0.3 is 0 Å². The molecule has 1 heterocycles. The molecule has 0 atom stereocenters. The van der Waals surface area contributed by atoms with E-state index in [1.807, 2.05) is 29.0 Å². The van der Waals surface area contributed by atoms with Crippen LogP contribution in [-0.4, -0.2) is 84.0 Å². The fourth-order valence-corrected chi connectivity index (χ4v) is 3.33. The highest BCUT2D eigenvalue weighted by atomic mass is 16.5. The lowest BCUT2D eigenvalue weighted by Crippen LogP contribution is -2.41. The van der Waals surface area contributed by atoms with Crippen molar-refractivity contribution in [3.8, 4) is 17.2 Å². The van der Waals surface area contributed by atoms with Crippen LogP contribution < -0.4 is 14.2 Å². The van der Waals surface area contributed by atoms with E-state index in [9.17, 15) is 4.79 Å². The van der Waals surface area contributed by atoms with Crippen LogP contribution in [0.1, 0.15) is 18.4 Å². The molecule has 1 amide bonds. The molecule has 1 aromatic rings. The van der Waals surface area contributed by atoms with Gasteiger partial charge in [0.25, 0.3) is 0 Å². The van der Waals surface area contributed by atoms with Crippen LogP contribution in [-0.2, 0) is 9.53 Å². The van der Waals surface area contributed by atoms with Crippen molar-refractivity contribution in [1.29, 1.82) is 0 Å². The third-order valence-electron chi connectivity index (χ3n) is 4.89. The number of carbonyl (C=O) groups is 1. The third kappa shape index (κ3) is 5.62. The van der Waals surface area contributed by atoms with Crippen LogP contribution in [0.2, 0.25) is 0 Å². The Morgan fingerprint density at radius 2 is 1.79 bits per heavy atom. The summed E-state index contributed by atoms with van der Waals surface area (Å²) in [4.78, 5) is 16.5. The van der Waals surface area contributed by atoms with E-state index < -0.39 is 0 Å². The summed E-state index contributed by atoms with van der Waals surface area (Å²) in [5.41, 5.74) is 2.04. The lowest BCUT2D eigenvalue weighted by Gasteiger charge is -2.29. The fraction of sp³-hybridized carbons (Fsp3) is 0.571. The summed E-state index contributed by atoms with van der Waals surface area (Å²) < 4.78 is 21.5. The number of ether oxygens (including phenoxy) is 4. The topological polar surface area (TPSA) is 60.5 Å². The van der Waals surface area contributed by atoms with E-state index in [1.165, 1.54) is 0 Å². The van der Waals surface area contributed by atoms with Gasteiger partial charge < -0.3 is 23.8 Å².